The largest absolute Gasteiger partial charge is 0.330 e. The normalized spacial score (nSPS) is 45.2. The topological polar surface area (TPSA) is 26.0 Å². The van der Waals surface area contributed by atoms with Crippen LogP contribution in [0.25, 0.3) is 0 Å². The molecule has 0 aromatic rings. The van der Waals surface area contributed by atoms with Gasteiger partial charge in [-0.2, -0.15) is 0 Å². The number of rotatable bonds is 4. The highest BCUT2D eigenvalue weighted by molar-refractivity contribution is 5.28. The summed E-state index contributed by atoms with van der Waals surface area (Å²) in [6.07, 6.45) is 20.8. The molecule has 0 saturated heterocycles. The van der Waals surface area contributed by atoms with Crippen LogP contribution in [0, 0.1) is 34.5 Å². The average Bonchev–Trinajstić information content (AvgIpc) is 2.94. The second-order valence-electron chi connectivity index (χ2n) is 10.2. The van der Waals surface area contributed by atoms with Crippen LogP contribution in [0.3, 0.4) is 0 Å². The van der Waals surface area contributed by atoms with Crippen molar-refractivity contribution < 1.29 is 0 Å². The lowest BCUT2D eigenvalue weighted by Gasteiger charge is -2.58. The predicted molar refractivity (Wildman–Crippen MR) is 112 cm³/mol. The third-order valence-corrected chi connectivity index (χ3v) is 9.06. The molecule has 0 aromatic carbocycles. The lowest BCUT2D eigenvalue weighted by Crippen LogP contribution is -2.49. The van der Waals surface area contributed by atoms with E-state index in [1.54, 1.807) is 11.1 Å². The van der Waals surface area contributed by atoms with Gasteiger partial charge in [0.1, 0.15) is 0 Å². The second-order valence-corrected chi connectivity index (χ2v) is 10.2. The van der Waals surface area contributed by atoms with Gasteiger partial charge in [-0.05, 0) is 105 Å². The Bertz CT molecular complexity index is 614. The molecule has 0 radical (unpaired) electrons. The molecule has 0 amide bonds. The molecule has 0 spiro atoms. The Labute approximate surface area is 161 Å². The summed E-state index contributed by atoms with van der Waals surface area (Å²) in [5.74, 6) is 3.47. The zero-order valence-electron chi connectivity index (χ0n) is 17.1. The summed E-state index contributed by atoms with van der Waals surface area (Å²) in [7, 11) is 0. The Balaban J connectivity index is 1.52. The van der Waals surface area contributed by atoms with Crippen LogP contribution in [-0.4, -0.2) is 6.54 Å². The second kappa shape index (κ2) is 6.97. The minimum atomic E-state index is 0.460. The third kappa shape index (κ3) is 2.86. The van der Waals surface area contributed by atoms with E-state index >= 15 is 0 Å². The highest BCUT2D eigenvalue weighted by Gasteiger charge is 2.56. The summed E-state index contributed by atoms with van der Waals surface area (Å²) in [5, 5.41) is 0. The van der Waals surface area contributed by atoms with E-state index < -0.39 is 0 Å². The lowest BCUT2D eigenvalue weighted by atomic mass is 9.47. The first-order valence-corrected chi connectivity index (χ1v) is 11.2. The van der Waals surface area contributed by atoms with E-state index in [2.05, 4.69) is 38.7 Å². The van der Waals surface area contributed by atoms with Gasteiger partial charge in [0.2, 0.25) is 0 Å². The number of nitrogens with two attached hydrogens (primary N) is 1. The van der Waals surface area contributed by atoms with Gasteiger partial charge < -0.3 is 5.73 Å². The molecule has 0 aliphatic heterocycles. The molecule has 3 unspecified atom stereocenters. The fourth-order valence-corrected chi connectivity index (χ4v) is 7.32. The van der Waals surface area contributed by atoms with Crippen LogP contribution < -0.4 is 5.73 Å². The van der Waals surface area contributed by atoms with Crippen molar-refractivity contribution in [2.24, 2.45) is 40.2 Å². The van der Waals surface area contributed by atoms with Crippen molar-refractivity contribution in [3.63, 3.8) is 0 Å². The summed E-state index contributed by atoms with van der Waals surface area (Å²) in [5.41, 5.74) is 9.93. The molecule has 4 aliphatic rings. The van der Waals surface area contributed by atoms with Crippen LogP contribution in [-0.2, 0) is 0 Å². The fraction of sp³-hybridized carbons (Fsp3) is 0.760. The van der Waals surface area contributed by atoms with Gasteiger partial charge in [0.25, 0.3) is 0 Å². The molecule has 4 rings (SSSR count). The van der Waals surface area contributed by atoms with Crippen molar-refractivity contribution in [2.45, 2.75) is 78.1 Å². The number of hydrogen-bond acceptors (Lipinski definition) is 1. The number of unbranched alkanes of at least 4 members (excludes halogenated alkanes) is 1. The molecule has 0 heterocycles. The van der Waals surface area contributed by atoms with Gasteiger partial charge in [0.05, 0.1) is 0 Å². The van der Waals surface area contributed by atoms with Crippen LogP contribution in [0.5, 0.6) is 0 Å². The quantitative estimate of drug-likeness (QED) is 0.458. The summed E-state index contributed by atoms with van der Waals surface area (Å²) >= 11 is 0. The molecular weight excluding hydrogens is 314 g/mol. The number of hydrogen-bond donors (Lipinski definition) is 1. The maximum absolute atomic E-state index is 5.62. The molecule has 144 valence electrons. The molecule has 3 fully saturated rings. The van der Waals surface area contributed by atoms with Crippen molar-refractivity contribution in [2.75, 3.05) is 6.54 Å². The SMILES string of the molecule is C=C1CCC2C3CCC4=C[C@@H](/C=C/CCCN)CC[C@]4(C)C3CC[C@]12C. The molecule has 2 N–H and O–H groups in total. The zero-order chi connectivity index (χ0) is 18.4. The molecule has 3 saturated carbocycles. The average molecular weight is 354 g/mol. The van der Waals surface area contributed by atoms with Gasteiger partial charge in [-0.3, -0.25) is 0 Å². The Morgan fingerprint density at radius 1 is 1.08 bits per heavy atom. The van der Waals surface area contributed by atoms with Crippen LogP contribution in [0.15, 0.2) is 36.0 Å². The highest BCUT2D eigenvalue weighted by Crippen LogP contribution is 2.66. The van der Waals surface area contributed by atoms with Gasteiger partial charge in [0, 0.05) is 0 Å². The fourth-order valence-electron chi connectivity index (χ4n) is 7.32. The lowest BCUT2D eigenvalue weighted by molar-refractivity contribution is -0.0267. The van der Waals surface area contributed by atoms with Gasteiger partial charge in [0.15, 0.2) is 0 Å². The predicted octanol–water partition coefficient (Wildman–Crippen LogP) is 6.42. The molecule has 0 aromatic heterocycles. The van der Waals surface area contributed by atoms with Crippen LogP contribution in [0.4, 0.5) is 0 Å². The monoisotopic (exact) mass is 353 g/mol. The van der Waals surface area contributed by atoms with Crippen LogP contribution in [0.1, 0.15) is 78.1 Å². The Morgan fingerprint density at radius 3 is 2.65 bits per heavy atom. The van der Waals surface area contributed by atoms with Crippen molar-refractivity contribution in [1.82, 2.24) is 0 Å². The molecular formula is C25H39N. The van der Waals surface area contributed by atoms with Crippen molar-refractivity contribution in [3.8, 4) is 0 Å². The molecule has 4 aliphatic carbocycles. The van der Waals surface area contributed by atoms with E-state index in [4.69, 9.17) is 5.73 Å². The third-order valence-electron chi connectivity index (χ3n) is 9.06. The Hall–Kier alpha value is -0.820. The number of allylic oxidation sites excluding steroid dienone is 5. The maximum Gasteiger partial charge on any atom is -0.00503 e. The molecule has 1 heteroatoms. The van der Waals surface area contributed by atoms with Gasteiger partial charge in [-0.15, -0.1) is 0 Å². The minimum Gasteiger partial charge on any atom is -0.330 e. The smallest absolute Gasteiger partial charge is 0.00503 e. The maximum atomic E-state index is 5.62. The first kappa shape index (κ1) is 18.5. The van der Waals surface area contributed by atoms with Gasteiger partial charge >= 0.3 is 0 Å². The zero-order valence-corrected chi connectivity index (χ0v) is 17.1. The summed E-state index contributed by atoms with van der Waals surface area (Å²) in [6, 6.07) is 0. The highest BCUT2D eigenvalue weighted by atomic mass is 14.6. The van der Waals surface area contributed by atoms with Crippen molar-refractivity contribution in [1.29, 1.82) is 0 Å². The van der Waals surface area contributed by atoms with E-state index in [-0.39, 0.29) is 0 Å². The first-order chi connectivity index (χ1) is 12.5. The van der Waals surface area contributed by atoms with E-state index in [9.17, 15) is 0 Å². The van der Waals surface area contributed by atoms with E-state index in [1.165, 1.54) is 51.4 Å². The van der Waals surface area contributed by atoms with Gasteiger partial charge in [-0.25, -0.2) is 0 Å². The summed E-state index contributed by atoms with van der Waals surface area (Å²) < 4.78 is 0. The van der Waals surface area contributed by atoms with Gasteiger partial charge in [-0.1, -0.05) is 49.8 Å². The molecule has 26 heavy (non-hydrogen) atoms. The summed E-state index contributed by atoms with van der Waals surface area (Å²) in [6.45, 7) is 10.4. The molecule has 6 atom stereocenters. The minimum absolute atomic E-state index is 0.460. The number of fused-ring (bicyclic) bond motifs is 5. The molecule has 0 bridgehead atoms. The van der Waals surface area contributed by atoms with Crippen LogP contribution >= 0.6 is 0 Å². The standard InChI is InChI=1S/C25H39N/c1-18-8-11-22-21-10-9-20-17-19(7-5-4-6-16-26)12-14-25(20,3)23(21)13-15-24(18,22)2/h5,7,17,19,21-23H,1,4,6,8-16,26H2,2-3H3/b7-5+/t19-,21?,22?,23?,24+,25-/m0/s1. The van der Waals surface area contributed by atoms with E-state index in [0.717, 1.165) is 37.1 Å². The van der Waals surface area contributed by atoms with Crippen LogP contribution in [0.2, 0.25) is 0 Å². The van der Waals surface area contributed by atoms with Crippen molar-refractivity contribution >= 4 is 0 Å². The Kier molecular flexibility index (Phi) is 4.97. The summed E-state index contributed by atoms with van der Waals surface area (Å²) in [4.78, 5) is 0. The van der Waals surface area contributed by atoms with Crippen molar-refractivity contribution in [3.05, 3.63) is 36.0 Å². The molecule has 1 nitrogen and oxygen atoms in total. The van der Waals surface area contributed by atoms with E-state index in [0.29, 0.717) is 16.7 Å². The van der Waals surface area contributed by atoms with E-state index in [1.807, 2.05) is 0 Å². The first-order valence-electron chi connectivity index (χ1n) is 11.2. The Morgan fingerprint density at radius 2 is 1.85 bits per heavy atom.